The van der Waals surface area contributed by atoms with Gasteiger partial charge in [-0.1, -0.05) is 237 Å². The molecule has 0 fully saturated rings. The molecule has 0 heterocycles. The first kappa shape index (κ1) is 67.8. The van der Waals surface area contributed by atoms with Crippen molar-refractivity contribution in [1.82, 2.24) is 0 Å². The summed E-state index contributed by atoms with van der Waals surface area (Å²) in [6, 6.07) is 0. The van der Waals surface area contributed by atoms with Gasteiger partial charge < -0.3 is 14.2 Å². The number of esters is 2. The van der Waals surface area contributed by atoms with E-state index in [1.165, 1.54) is 57.8 Å². The fourth-order valence-electron chi connectivity index (χ4n) is 7.60. The average Bonchev–Trinajstić information content (AvgIpc) is 3.38. The lowest BCUT2D eigenvalue weighted by Gasteiger charge is -2.18. The molecule has 0 aliphatic heterocycles. The molecule has 406 valence electrons. The van der Waals surface area contributed by atoms with Crippen molar-refractivity contribution in [3.63, 3.8) is 0 Å². The SMILES string of the molecule is CC/C=C\C/C=C\C/C=C\C/C=C\CCCCCCCCC(=O)OCC(COCCCCCCC/C=C\C/C=C\C/C=C\C/C=C\CC)OC(=O)CCCCCCCC/C=C\C/C=C\C/C=C\C/C=C\CC. The molecular formula is C67H108O5. The van der Waals surface area contributed by atoms with E-state index in [9.17, 15) is 9.59 Å². The normalized spacial score (nSPS) is 13.3. The van der Waals surface area contributed by atoms with Crippen molar-refractivity contribution >= 4 is 11.9 Å². The third-order valence-electron chi connectivity index (χ3n) is 11.9. The summed E-state index contributed by atoms with van der Waals surface area (Å²) in [5.41, 5.74) is 0. The van der Waals surface area contributed by atoms with Gasteiger partial charge in [-0.15, -0.1) is 0 Å². The summed E-state index contributed by atoms with van der Waals surface area (Å²) < 4.78 is 17.5. The molecule has 0 saturated carbocycles. The monoisotopic (exact) mass is 993 g/mol. The predicted molar refractivity (Wildman–Crippen MR) is 315 cm³/mol. The number of hydrogen-bond acceptors (Lipinski definition) is 5. The maximum atomic E-state index is 12.9. The second-order valence-corrected chi connectivity index (χ2v) is 18.7. The van der Waals surface area contributed by atoms with Crippen molar-refractivity contribution < 1.29 is 23.8 Å². The average molecular weight is 994 g/mol. The summed E-state index contributed by atoms with van der Waals surface area (Å²) in [6.45, 7) is 7.41. The number of carbonyl (C=O) groups excluding carboxylic acids is 2. The highest BCUT2D eigenvalue weighted by Crippen LogP contribution is 2.13. The maximum Gasteiger partial charge on any atom is 0.306 e. The van der Waals surface area contributed by atoms with E-state index >= 15 is 0 Å². The van der Waals surface area contributed by atoms with Crippen molar-refractivity contribution in [3.8, 4) is 0 Å². The largest absolute Gasteiger partial charge is 0.462 e. The van der Waals surface area contributed by atoms with Gasteiger partial charge in [0, 0.05) is 19.4 Å². The Hall–Kier alpha value is -4.22. The summed E-state index contributed by atoms with van der Waals surface area (Å²) in [7, 11) is 0. The third-order valence-corrected chi connectivity index (χ3v) is 11.9. The quantitative estimate of drug-likeness (QED) is 0.0345. The van der Waals surface area contributed by atoms with Gasteiger partial charge in [-0.25, -0.2) is 0 Å². The van der Waals surface area contributed by atoms with E-state index in [4.69, 9.17) is 14.2 Å². The Bertz CT molecular complexity index is 1540. The number of rotatable bonds is 52. The topological polar surface area (TPSA) is 61.8 Å². The van der Waals surface area contributed by atoms with Crippen molar-refractivity contribution in [2.45, 2.75) is 245 Å². The first-order valence-electron chi connectivity index (χ1n) is 29.4. The first-order chi connectivity index (χ1) is 35.6. The molecule has 72 heavy (non-hydrogen) atoms. The Morgan fingerprint density at radius 3 is 0.931 bits per heavy atom. The fourth-order valence-corrected chi connectivity index (χ4v) is 7.60. The minimum atomic E-state index is -0.573. The molecule has 0 N–H and O–H groups in total. The molecule has 0 aliphatic rings. The number of hydrogen-bond donors (Lipinski definition) is 0. The molecule has 0 aromatic carbocycles. The molecule has 5 heteroatoms. The van der Waals surface area contributed by atoms with E-state index in [0.29, 0.717) is 19.4 Å². The zero-order chi connectivity index (χ0) is 52.0. The van der Waals surface area contributed by atoms with Gasteiger partial charge >= 0.3 is 11.9 Å². The molecular weight excluding hydrogens is 885 g/mol. The minimum absolute atomic E-state index is 0.0540. The van der Waals surface area contributed by atoms with Crippen LogP contribution in [0.5, 0.6) is 0 Å². The van der Waals surface area contributed by atoms with Crippen LogP contribution in [0.25, 0.3) is 0 Å². The molecule has 0 aromatic heterocycles. The molecule has 0 radical (unpaired) electrons. The van der Waals surface area contributed by atoms with E-state index in [1.807, 2.05) is 0 Å². The van der Waals surface area contributed by atoms with Crippen molar-refractivity contribution in [2.24, 2.45) is 0 Å². The lowest BCUT2D eigenvalue weighted by atomic mass is 10.1. The van der Waals surface area contributed by atoms with Crippen molar-refractivity contribution in [3.05, 3.63) is 146 Å². The van der Waals surface area contributed by atoms with Gasteiger partial charge in [-0.3, -0.25) is 9.59 Å². The number of unbranched alkanes of at least 4 members (excludes halogenated alkanes) is 17. The highest BCUT2D eigenvalue weighted by Gasteiger charge is 2.17. The summed E-state index contributed by atoms with van der Waals surface area (Å²) in [4.78, 5) is 25.6. The van der Waals surface area contributed by atoms with E-state index < -0.39 is 6.10 Å². The standard InChI is InChI=1S/C67H108O5/c1-4-7-10-13-16-19-22-25-28-31-34-36-39-42-45-48-51-54-57-60-66(68)71-64-65(63-70-62-59-56-53-50-47-44-41-38-33-30-27-24-21-18-15-12-9-6-3)72-67(69)61-58-55-52-49-46-43-40-37-35-32-29-26-23-20-17-14-11-8-5-2/h7-12,16-21,25-30,34-38,41,65H,4-6,13-15,22-24,31-33,39-40,42-64H2,1-3H3/b10-7-,11-8-,12-9-,19-16-,20-17-,21-18-,28-25-,29-26-,30-27-,36-34-,37-35-,41-38-. The Morgan fingerprint density at radius 2 is 0.583 bits per heavy atom. The van der Waals surface area contributed by atoms with Gasteiger partial charge in [0.05, 0.1) is 6.61 Å². The molecule has 0 saturated heterocycles. The van der Waals surface area contributed by atoms with E-state index in [1.54, 1.807) is 0 Å². The smallest absolute Gasteiger partial charge is 0.306 e. The van der Waals surface area contributed by atoms with Crippen LogP contribution in [0.15, 0.2) is 146 Å². The molecule has 5 nitrogen and oxygen atoms in total. The van der Waals surface area contributed by atoms with E-state index in [2.05, 4.69) is 167 Å². The van der Waals surface area contributed by atoms with Crippen LogP contribution >= 0.6 is 0 Å². The second kappa shape index (κ2) is 61.1. The zero-order valence-corrected chi connectivity index (χ0v) is 46.6. The minimum Gasteiger partial charge on any atom is -0.462 e. The zero-order valence-electron chi connectivity index (χ0n) is 46.6. The van der Waals surface area contributed by atoms with E-state index in [0.717, 1.165) is 148 Å². The lowest BCUT2D eigenvalue weighted by Crippen LogP contribution is -2.30. The van der Waals surface area contributed by atoms with Gasteiger partial charge in [0.15, 0.2) is 6.10 Å². The Morgan fingerprint density at radius 1 is 0.306 bits per heavy atom. The Kier molecular flexibility index (Phi) is 57.5. The molecule has 0 rings (SSSR count). The van der Waals surface area contributed by atoms with Crippen LogP contribution in [0, 0.1) is 0 Å². The van der Waals surface area contributed by atoms with Crippen molar-refractivity contribution in [2.75, 3.05) is 19.8 Å². The molecule has 0 aromatic rings. The Balaban J connectivity index is 4.41. The first-order valence-corrected chi connectivity index (χ1v) is 29.4. The summed E-state index contributed by atoms with van der Waals surface area (Å²) >= 11 is 0. The van der Waals surface area contributed by atoms with Crippen LogP contribution in [-0.4, -0.2) is 37.9 Å². The molecule has 0 aliphatic carbocycles. The lowest BCUT2D eigenvalue weighted by molar-refractivity contribution is -0.163. The van der Waals surface area contributed by atoms with Gasteiger partial charge in [-0.05, 0) is 135 Å². The van der Waals surface area contributed by atoms with Crippen LogP contribution in [0.1, 0.15) is 239 Å². The van der Waals surface area contributed by atoms with Crippen LogP contribution in [0.3, 0.4) is 0 Å². The molecule has 1 atom stereocenters. The van der Waals surface area contributed by atoms with Crippen LogP contribution in [0.4, 0.5) is 0 Å². The van der Waals surface area contributed by atoms with Gasteiger partial charge in [0.25, 0.3) is 0 Å². The molecule has 0 amide bonds. The number of allylic oxidation sites excluding steroid dienone is 24. The third kappa shape index (κ3) is 58.4. The van der Waals surface area contributed by atoms with E-state index in [-0.39, 0.29) is 25.2 Å². The van der Waals surface area contributed by atoms with Crippen molar-refractivity contribution in [1.29, 1.82) is 0 Å². The number of carbonyl (C=O) groups is 2. The van der Waals surface area contributed by atoms with Gasteiger partial charge in [0.2, 0.25) is 0 Å². The van der Waals surface area contributed by atoms with Gasteiger partial charge in [0.1, 0.15) is 6.61 Å². The maximum absolute atomic E-state index is 12.9. The molecule has 0 spiro atoms. The second-order valence-electron chi connectivity index (χ2n) is 18.7. The van der Waals surface area contributed by atoms with Crippen LogP contribution in [0.2, 0.25) is 0 Å². The van der Waals surface area contributed by atoms with Crippen LogP contribution < -0.4 is 0 Å². The number of ether oxygens (including phenoxy) is 3. The summed E-state index contributed by atoms with van der Waals surface area (Å²) in [6.07, 6.45) is 88.7. The highest BCUT2D eigenvalue weighted by atomic mass is 16.6. The fraction of sp³-hybridized carbons (Fsp3) is 0.612. The highest BCUT2D eigenvalue weighted by molar-refractivity contribution is 5.70. The summed E-state index contributed by atoms with van der Waals surface area (Å²) in [5.74, 6) is -0.447. The van der Waals surface area contributed by atoms with Gasteiger partial charge in [-0.2, -0.15) is 0 Å². The van der Waals surface area contributed by atoms with Crippen LogP contribution in [-0.2, 0) is 23.8 Å². The summed E-state index contributed by atoms with van der Waals surface area (Å²) in [5, 5.41) is 0. The predicted octanol–water partition coefficient (Wildman–Crippen LogP) is 20.5. The molecule has 1 unspecified atom stereocenters. The molecule has 0 bridgehead atoms. The Labute approximate surface area is 444 Å².